The van der Waals surface area contributed by atoms with Crippen molar-refractivity contribution in [2.45, 2.75) is 13.8 Å². The molecule has 0 atom stereocenters. The van der Waals surface area contributed by atoms with Crippen molar-refractivity contribution in [2.24, 2.45) is 0 Å². The lowest BCUT2D eigenvalue weighted by Gasteiger charge is -2.10. The van der Waals surface area contributed by atoms with Gasteiger partial charge in [0.1, 0.15) is 10.9 Å². The van der Waals surface area contributed by atoms with Gasteiger partial charge in [0.05, 0.1) is 0 Å². The molecule has 0 aliphatic heterocycles. The topological polar surface area (TPSA) is 80.3 Å². The van der Waals surface area contributed by atoms with Crippen LogP contribution in [0.5, 0.6) is 5.75 Å². The first-order valence-electron chi connectivity index (χ1n) is 6.86. The summed E-state index contributed by atoms with van der Waals surface area (Å²) in [5.74, 6) is -0.374. The standard InChI is InChI=1S/C16H16ClN3O3/c1-10-3-4-13(7-11(10)2)23-9-15(21)19-20-16(22)12-5-6-18-14(17)8-12/h3-8H,9H2,1-2H3,(H,19,21)(H,20,22). The highest BCUT2D eigenvalue weighted by atomic mass is 35.5. The van der Waals surface area contributed by atoms with Gasteiger partial charge < -0.3 is 4.74 Å². The van der Waals surface area contributed by atoms with Gasteiger partial charge in [-0.05, 0) is 49.2 Å². The van der Waals surface area contributed by atoms with Crippen LogP contribution < -0.4 is 15.6 Å². The number of nitrogens with zero attached hydrogens (tertiary/aromatic N) is 1. The van der Waals surface area contributed by atoms with E-state index in [1.165, 1.54) is 18.3 Å². The predicted molar refractivity (Wildman–Crippen MR) is 86.3 cm³/mol. The molecule has 0 aliphatic carbocycles. The quantitative estimate of drug-likeness (QED) is 0.664. The van der Waals surface area contributed by atoms with Gasteiger partial charge in [0.2, 0.25) is 0 Å². The minimum absolute atomic E-state index is 0.196. The lowest BCUT2D eigenvalue weighted by atomic mass is 10.1. The Morgan fingerprint density at radius 2 is 1.91 bits per heavy atom. The smallest absolute Gasteiger partial charge is 0.276 e. The highest BCUT2D eigenvalue weighted by molar-refractivity contribution is 6.29. The number of hydrazine groups is 1. The van der Waals surface area contributed by atoms with Crippen molar-refractivity contribution in [3.8, 4) is 5.75 Å². The molecular formula is C16H16ClN3O3. The number of carbonyl (C=O) groups excluding carboxylic acids is 2. The van der Waals surface area contributed by atoms with Crippen LogP contribution in [0.2, 0.25) is 5.15 Å². The van der Waals surface area contributed by atoms with E-state index in [1.54, 1.807) is 6.07 Å². The average molecular weight is 334 g/mol. The van der Waals surface area contributed by atoms with Gasteiger partial charge in [-0.1, -0.05) is 17.7 Å². The molecule has 0 saturated heterocycles. The number of carbonyl (C=O) groups is 2. The first-order valence-corrected chi connectivity index (χ1v) is 7.24. The third kappa shape index (κ3) is 4.96. The van der Waals surface area contributed by atoms with Crippen LogP contribution in [0.4, 0.5) is 0 Å². The summed E-state index contributed by atoms with van der Waals surface area (Å²) in [4.78, 5) is 27.3. The number of hydrogen-bond donors (Lipinski definition) is 2. The molecule has 0 unspecified atom stereocenters. The number of ether oxygens (including phenoxy) is 1. The number of rotatable bonds is 4. The average Bonchev–Trinajstić information content (AvgIpc) is 2.53. The van der Waals surface area contributed by atoms with E-state index in [-0.39, 0.29) is 11.8 Å². The summed E-state index contributed by atoms with van der Waals surface area (Å²) >= 11 is 5.69. The molecule has 0 radical (unpaired) electrons. The summed E-state index contributed by atoms with van der Waals surface area (Å²) in [6.45, 7) is 3.74. The number of pyridine rings is 1. The van der Waals surface area contributed by atoms with Gasteiger partial charge in [0.15, 0.2) is 6.61 Å². The number of aromatic nitrogens is 1. The zero-order valence-corrected chi connectivity index (χ0v) is 13.5. The monoisotopic (exact) mass is 333 g/mol. The van der Waals surface area contributed by atoms with E-state index >= 15 is 0 Å². The minimum Gasteiger partial charge on any atom is -0.484 e. The zero-order valence-electron chi connectivity index (χ0n) is 12.7. The van der Waals surface area contributed by atoms with E-state index in [0.717, 1.165) is 11.1 Å². The van der Waals surface area contributed by atoms with E-state index in [0.29, 0.717) is 11.3 Å². The fourth-order valence-electron chi connectivity index (χ4n) is 1.73. The van der Waals surface area contributed by atoms with Crippen molar-refractivity contribution in [3.63, 3.8) is 0 Å². The molecule has 0 saturated carbocycles. The summed E-state index contributed by atoms with van der Waals surface area (Å²) in [5, 5.41) is 0.196. The van der Waals surface area contributed by atoms with Crippen LogP contribution in [-0.4, -0.2) is 23.4 Å². The van der Waals surface area contributed by atoms with Crippen LogP contribution in [0.1, 0.15) is 21.5 Å². The van der Waals surface area contributed by atoms with Gasteiger partial charge in [-0.2, -0.15) is 0 Å². The normalized spacial score (nSPS) is 10.0. The molecule has 7 heteroatoms. The number of nitrogens with one attached hydrogen (secondary N) is 2. The molecule has 120 valence electrons. The summed E-state index contributed by atoms with van der Waals surface area (Å²) < 4.78 is 5.37. The van der Waals surface area contributed by atoms with Gasteiger partial charge in [0, 0.05) is 11.8 Å². The van der Waals surface area contributed by atoms with Crippen LogP contribution in [-0.2, 0) is 4.79 Å². The number of hydrogen-bond acceptors (Lipinski definition) is 4. The van der Waals surface area contributed by atoms with Crippen LogP contribution in [0, 0.1) is 13.8 Å². The van der Waals surface area contributed by atoms with E-state index in [4.69, 9.17) is 16.3 Å². The molecule has 2 amide bonds. The Balaban J connectivity index is 1.81. The molecule has 2 rings (SSSR count). The zero-order chi connectivity index (χ0) is 16.8. The fourth-order valence-corrected chi connectivity index (χ4v) is 1.90. The Morgan fingerprint density at radius 3 is 2.61 bits per heavy atom. The molecule has 6 nitrogen and oxygen atoms in total. The maximum atomic E-state index is 11.8. The van der Waals surface area contributed by atoms with Crippen LogP contribution in [0.25, 0.3) is 0 Å². The molecule has 23 heavy (non-hydrogen) atoms. The molecule has 1 aromatic heterocycles. The fraction of sp³-hybridized carbons (Fsp3) is 0.188. The maximum absolute atomic E-state index is 11.8. The van der Waals surface area contributed by atoms with Crippen molar-refractivity contribution in [2.75, 3.05) is 6.61 Å². The minimum atomic E-state index is -0.492. The number of halogens is 1. The molecule has 0 bridgehead atoms. The first-order chi connectivity index (χ1) is 11.0. The van der Waals surface area contributed by atoms with Crippen molar-refractivity contribution in [1.29, 1.82) is 0 Å². The van der Waals surface area contributed by atoms with Crippen molar-refractivity contribution >= 4 is 23.4 Å². The van der Waals surface area contributed by atoms with Gasteiger partial charge in [-0.15, -0.1) is 0 Å². The molecule has 0 aliphatic rings. The number of benzene rings is 1. The van der Waals surface area contributed by atoms with Crippen molar-refractivity contribution in [1.82, 2.24) is 15.8 Å². The van der Waals surface area contributed by atoms with Crippen molar-refractivity contribution < 1.29 is 14.3 Å². The van der Waals surface area contributed by atoms with Crippen LogP contribution in [0.3, 0.4) is 0 Å². The summed E-state index contributed by atoms with van der Waals surface area (Å²) in [6, 6.07) is 8.43. The molecular weight excluding hydrogens is 318 g/mol. The Morgan fingerprint density at radius 1 is 1.13 bits per heavy atom. The van der Waals surface area contributed by atoms with E-state index in [1.807, 2.05) is 26.0 Å². The first kappa shape index (κ1) is 16.8. The molecule has 2 aromatic rings. The van der Waals surface area contributed by atoms with Crippen molar-refractivity contribution in [3.05, 3.63) is 58.4 Å². The summed E-state index contributed by atoms with van der Waals surface area (Å²) in [7, 11) is 0. The lowest BCUT2D eigenvalue weighted by Crippen LogP contribution is -2.43. The Labute approximate surface area is 138 Å². The largest absolute Gasteiger partial charge is 0.484 e. The third-order valence-corrected chi connectivity index (χ3v) is 3.36. The number of amides is 2. The number of aryl methyl sites for hydroxylation is 2. The van der Waals surface area contributed by atoms with Gasteiger partial charge >= 0.3 is 0 Å². The highest BCUT2D eigenvalue weighted by Crippen LogP contribution is 2.16. The molecule has 1 aromatic carbocycles. The Kier molecular flexibility index (Phi) is 5.54. The molecule has 2 N–H and O–H groups in total. The SMILES string of the molecule is Cc1ccc(OCC(=O)NNC(=O)c2ccnc(Cl)c2)cc1C. The van der Waals surface area contributed by atoms with Crippen LogP contribution in [0.15, 0.2) is 36.5 Å². The maximum Gasteiger partial charge on any atom is 0.276 e. The second-order valence-corrected chi connectivity index (χ2v) is 5.29. The van der Waals surface area contributed by atoms with Gasteiger partial charge in [-0.25, -0.2) is 4.98 Å². The van der Waals surface area contributed by atoms with Gasteiger partial charge in [-0.3, -0.25) is 20.4 Å². The second kappa shape index (κ2) is 7.60. The molecule has 0 fully saturated rings. The molecule has 1 heterocycles. The van der Waals surface area contributed by atoms with E-state index < -0.39 is 11.8 Å². The van der Waals surface area contributed by atoms with Gasteiger partial charge in [0.25, 0.3) is 11.8 Å². The third-order valence-electron chi connectivity index (χ3n) is 3.15. The van der Waals surface area contributed by atoms with E-state index in [2.05, 4.69) is 15.8 Å². The summed E-state index contributed by atoms with van der Waals surface area (Å²) in [6.07, 6.45) is 1.40. The predicted octanol–water partition coefficient (Wildman–Crippen LogP) is 2.19. The van der Waals surface area contributed by atoms with E-state index in [9.17, 15) is 9.59 Å². The Bertz CT molecular complexity index is 734. The Hall–Kier alpha value is -2.60. The summed E-state index contributed by atoms with van der Waals surface area (Å²) in [5.41, 5.74) is 7.06. The lowest BCUT2D eigenvalue weighted by molar-refractivity contribution is -0.123. The van der Waals surface area contributed by atoms with Crippen LogP contribution >= 0.6 is 11.6 Å². The second-order valence-electron chi connectivity index (χ2n) is 4.90. The molecule has 0 spiro atoms. The highest BCUT2D eigenvalue weighted by Gasteiger charge is 2.09.